The Morgan fingerprint density at radius 2 is 1.94 bits per heavy atom. The summed E-state index contributed by atoms with van der Waals surface area (Å²) in [6.45, 7) is 0. The Morgan fingerprint density at radius 1 is 1.28 bits per heavy atom. The zero-order valence-electron chi connectivity index (χ0n) is 10.2. The molecule has 0 spiro atoms. The molecule has 2 nitrogen and oxygen atoms in total. The first-order valence-corrected chi connectivity index (χ1v) is 7.59. The van der Waals surface area contributed by atoms with Gasteiger partial charge >= 0.3 is 0 Å². The smallest absolute Gasteiger partial charge is 0.0721 e. The molecule has 1 aromatic carbocycles. The number of halogens is 3. The highest BCUT2D eigenvalue weighted by atomic mass is 79.9. The maximum Gasteiger partial charge on any atom is 0.0721 e. The fourth-order valence-electron chi connectivity index (χ4n) is 2.37. The van der Waals surface area contributed by atoms with E-state index in [1.807, 2.05) is 12.1 Å². The first-order valence-electron chi connectivity index (χ1n) is 6.04. The molecule has 0 bridgehead atoms. The van der Waals surface area contributed by atoms with Gasteiger partial charge in [-0.25, -0.2) is 0 Å². The Kier molecular flexibility index (Phi) is 5.19. The van der Waals surface area contributed by atoms with Crippen LogP contribution < -0.4 is 5.32 Å². The van der Waals surface area contributed by atoms with E-state index in [-0.39, 0.29) is 0 Å². The predicted molar refractivity (Wildman–Crippen MR) is 80.8 cm³/mol. The Morgan fingerprint density at radius 3 is 2.56 bits per heavy atom. The van der Waals surface area contributed by atoms with E-state index in [0.717, 1.165) is 29.4 Å². The Balaban J connectivity index is 2.09. The number of ether oxygens (including phenoxy) is 1. The second-order valence-electron chi connectivity index (χ2n) is 4.61. The normalized spacial score (nSPS) is 24.0. The highest BCUT2D eigenvalue weighted by Crippen LogP contribution is 2.35. The number of anilines is 1. The van der Waals surface area contributed by atoms with Crippen molar-refractivity contribution < 1.29 is 4.74 Å². The van der Waals surface area contributed by atoms with Crippen molar-refractivity contribution in [3.05, 3.63) is 26.7 Å². The summed E-state index contributed by atoms with van der Waals surface area (Å²) in [5, 5.41) is 4.74. The van der Waals surface area contributed by atoms with Gasteiger partial charge in [-0.15, -0.1) is 0 Å². The predicted octanol–water partition coefficient (Wildman–Crippen LogP) is 5.13. The topological polar surface area (TPSA) is 21.3 Å². The van der Waals surface area contributed by atoms with Gasteiger partial charge in [0.05, 0.1) is 21.8 Å². The van der Waals surface area contributed by atoms with Crippen molar-refractivity contribution in [3.8, 4) is 0 Å². The molecule has 0 heterocycles. The quantitative estimate of drug-likeness (QED) is 0.814. The molecule has 1 N–H and O–H groups in total. The molecule has 0 radical (unpaired) electrons. The molecule has 1 aliphatic rings. The number of hydrogen-bond donors (Lipinski definition) is 1. The second-order valence-corrected chi connectivity index (χ2v) is 6.34. The van der Waals surface area contributed by atoms with Crippen molar-refractivity contribution in [2.45, 2.75) is 37.8 Å². The van der Waals surface area contributed by atoms with E-state index in [9.17, 15) is 0 Å². The van der Waals surface area contributed by atoms with Gasteiger partial charge in [0.25, 0.3) is 0 Å². The van der Waals surface area contributed by atoms with Crippen LogP contribution in [0.5, 0.6) is 0 Å². The lowest BCUT2D eigenvalue weighted by molar-refractivity contribution is 0.0669. The number of methoxy groups -OCH3 is 1. The number of benzene rings is 1. The molecule has 1 saturated carbocycles. The molecule has 1 aromatic rings. The van der Waals surface area contributed by atoms with E-state index in [2.05, 4.69) is 21.2 Å². The lowest BCUT2D eigenvalue weighted by Crippen LogP contribution is -2.31. The third-order valence-corrected chi connectivity index (χ3v) is 4.37. The van der Waals surface area contributed by atoms with Crippen molar-refractivity contribution in [1.29, 1.82) is 0 Å². The molecule has 5 heteroatoms. The van der Waals surface area contributed by atoms with E-state index >= 15 is 0 Å². The highest BCUT2D eigenvalue weighted by molar-refractivity contribution is 9.10. The van der Waals surface area contributed by atoms with Crippen LogP contribution in [-0.4, -0.2) is 19.3 Å². The highest BCUT2D eigenvalue weighted by Gasteiger charge is 2.22. The van der Waals surface area contributed by atoms with Crippen molar-refractivity contribution in [3.63, 3.8) is 0 Å². The summed E-state index contributed by atoms with van der Waals surface area (Å²) < 4.78 is 6.32. The van der Waals surface area contributed by atoms with Crippen LogP contribution in [0.4, 0.5) is 5.69 Å². The molecule has 2 atom stereocenters. The van der Waals surface area contributed by atoms with Crippen LogP contribution in [0.1, 0.15) is 25.7 Å². The standard InChI is InChI=1S/C13H16BrCl2NO/c1-18-10-4-2-3-9(7-10)17-13-11(15)5-8(14)6-12(13)16/h5-6,9-10,17H,2-4,7H2,1H3. The van der Waals surface area contributed by atoms with Crippen LogP contribution in [0.15, 0.2) is 16.6 Å². The van der Waals surface area contributed by atoms with E-state index in [1.165, 1.54) is 6.42 Å². The van der Waals surface area contributed by atoms with Gasteiger partial charge in [0.2, 0.25) is 0 Å². The maximum absolute atomic E-state index is 6.22. The van der Waals surface area contributed by atoms with Gasteiger partial charge in [0.15, 0.2) is 0 Å². The van der Waals surface area contributed by atoms with E-state index in [1.54, 1.807) is 7.11 Å². The van der Waals surface area contributed by atoms with Crippen molar-refractivity contribution in [1.82, 2.24) is 0 Å². The third-order valence-electron chi connectivity index (χ3n) is 3.31. The monoisotopic (exact) mass is 351 g/mol. The first kappa shape index (κ1) is 14.4. The molecule has 1 aliphatic carbocycles. The molecular formula is C13H16BrCl2NO. The summed E-state index contributed by atoms with van der Waals surface area (Å²) in [6, 6.07) is 4.08. The molecule has 1 fully saturated rings. The Hall–Kier alpha value is 0.0400. The van der Waals surface area contributed by atoms with Gasteiger partial charge in [0, 0.05) is 17.6 Å². The molecule has 100 valence electrons. The molecule has 2 rings (SSSR count). The minimum Gasteiger partial charge on any atom is -0.381 e. The summed E-state index contributed by atoms with van der Waals surface area (Å²) in [5.41, 5.74) is 0.822. The van der Waals surface area contributed by atoms with Crippen LogP contribution >= 0.6 is 39.1 Å². The van der Waals surface area contributed by atoms with E-state index in [0.29, 0.717) is 22.2 Å². The SMILES string of the molecule is COC1CCCC(Nc2c(Cl)cc(Br)cc2Cl)C1. The molecular weight excluding hydrogens is 337 g/mol. The number of nitrogens with one attached hydrogen (secondary N) is 1. The van der Waals surface area contributed by atoms with Crippen molar-refractivity contribution >= 4 is 44.8 Å². The van der Waals surface area contributed by atoms with Crippen LogP contribution in [0.3, 0.4) is 0 Å². The van der Waals surface area contributed by atoms with E-state index < -0.39 is 0 Å². The average Bonchev–Trinajstić information content (AvgIpc) is 2.34. The van der Waals surface area contributed by atoms with Crippen LogP contribution in [0.2, 0.25) is 10.0 Å². The van der Waals surface area contributed by atoms with Crippen molar-refractivity contribution in [2.75, 3.05) is 12.4 Å². The maximum atomic E-state index is 6.22. The van der Waals surface area contributed by atoms with Gasteiger partial charge in [-0.3, -0.25) is 0 Å². The summed E-state index contributed by atoms with van der Waals surface area (Å²) in [6.07, 6.45) is 4.77. The minimum absolute atomic E-state index is 0.337. The van der Waals surface area contributed by atoms with Gasteiger partial charge < -0.3 is 10.1 Å². The van der Waals surface area contributed by atoms with Gasteiger partial charge in [-0.1, -0.05) is 39.1 Å². The average molecular weight is 353 g/mol. The molecule has 2 unspecified atom stereocenters. The van der Waals surface area contributed by atoms with E-state index in [4.69, 9.17) is 27.9 Å². The number of rotatable bonds is 3. The Bertz CT molecular complexity index is 404. The minimum atomic E-state index is 0.337. The zero-order valence-corrected chi connectivity index (χ0v) is 13.3. The zero-order chi connectivity index (χ0) is 13.1. The van der Waals surface area contributed by atoms with Gasteiger partial charge in [-0.2, -0.15) is 0 Å². The number of hydrogen-bond acceptors (Lipinski definition) is 2. The van der Waals surface area contributed by atoms with Gasteiger partial charge in [0.1, 0.15) is 0 Å². The summed E-state index contributed by atoms with van der Waals surface area (Å²) in [5.74, 6) is 0. The lowest BCUT2D eigenvalue weighted by Gasteiger charge is -2.30. The fourth-order valence-corrected chi connectivity index (χ4v) is 3.69. The first-order chi connectivity index (χ1) is 8.60. The summed E-state index contributed by atoms with van der Waals surface area (Å²) in [7, 11) is 1.77. The van der Waals surface area contributed by atoms with Crippen LogP contribution in [0.25, 0.3) is 0 Å². The molecule has 0 aromatic heterocycles. The second kappa shape index (κ2) is 6.47. The van der Waals surface area contributed by atoms with Crippen molar-refractivity contribution in [2.24, 2.45) is 0 Å². The van der Waals surface area contributed by atoms with Gasteiger partial charge in [-0.05, 0) is 37.8 Å². The molecule has 18 heavy (non-hydrogen) atoms. The third kappa shape index (κ3) is 3.53. The van der Waals surface area contributed by atoms with Crippen LogP contribution in [0, 0.1) is 0 Å². The molecule has 0 aliphatic heterocycles. The lowest BCUT2D eigenvalue weighted by atomic mass is 9.92. The Labute approximate surface area is 126 Å². The summed E-state index contributed by atoms with van der Waals surface area (Å²) in [4.78, 5) is 0. The molecule has 0 amide bonds. The fraction of sp³-hybridized carbons (Fsp3) is 0.538. The van der Waals surface area contributed by atoms with Crippen LogP contribution in [-0.2, 0) is 4.74 Å². The summed E-state index contributed by atoms with van der Waals surface area (Å²) >= 11 is 15.8. The largest absolute Gasteiger partial charge is 0.381 e. The molecule has 0 saturated heterocycles.